The Morgan fingerprint density at radius 2 is 1.77 bits per heavy atom. The summed E-state index contributed by atoms with van der Waals surface area (Å²) in [4.78, 5) is 45.8. The standard InChI is InChI=1S/C24H26N4O3/c25-12-14-4-1-6-17-20(14)24(31)28(22(17)29)19-9-8-18-16-7-3-11-26-10-2-5-15(21(16)26)13-27(18)23(19)30/h1,4,6,15-16,18-19,21H,2-3,5,7-11,13H2/t15-,16+,18+,19?,21-/m0/s1. The highest BCUT2D eigenvalue weighted by Gasteiger charge is 2.54. The first-order valence-electron chi connectivity index (χ1n) is 11.6. The second-order valence-corrected chi connectivity index (χ2v) is 9.71. The predicted molar refractivity (Wildman–Crippen MR) is 111 cm³/mol. The van der Waals surface area contributed by atoms with Gasteiger partial charge in [-0.1, -0.05) is 6.07 Å². The van der Waals surface area contributed by atoms with Crippen molar-refractivity contribution >= 4 is 17.7 Å². The van der Waals surface area contributed by atoms with Crippen LogP contribution in [0.4, 0.5) is 0 Å². The van der Waals surface area contributed by atoms with E-state index in [0.717, 1.165) is 30.7 Å². The van der Waals surface area contributed by atoms with Gasteiger partial charge in [0.15, 0.2) is 0 Å². The summed E-state index contributed by atoms with van der Waals surface area (Å²) in [5, 5.41) is 9.39. The van der Waals surface area contributed by atoms with E-state index in [1.165, 1.54) is 25.9 Å². The molecule has 5 heterocycles. The quantitative estimate of drug-likeness (QED) is 0.652. The number of piperidine rings is 4. The number of hydrogen-bond donors (Lipinski definition) is 0. The van der Waals surface area contributed by atoms with E-state index in [9.17, 15) is 19.6 Å². The van der Waals surface area contributed by atoms with Gasteiger partial charge in [0.25, 0.3) is 11.8 Å². The zero-order chi connectivity index (χ0) is 21.3. The Balaban J connectivity index is 1.31. The van der Waals surface area contributed by atoms with Gasteiger partial charge in [0.05, 0.1) is 22.8 Å². The van der Waals surface area contributed by atoms with Gasteiger partial charge in [-0.3, -0.25) is 24.2 Å². The molecule has 4 fully saturated rings. The van der Waals surface area contributed by atoms with Gasteiger partial charge in [0.2, 0.25) is 5.91 Å². The maximum Gasteiger partial charge on any atom is 0.263 e. The van der Waals surface area contributed by atoms with Crippen LogP contribution in [-0.2, 0) is 4.79 Å². The average Bonchev–Trinajstić information content (AvgIpc) is 3.05. The SMILES string of the molecule is N#Cc1cccc2c1C(=O)N(C1CC[C@@H]3[C@H]4CCCN5CCC[C@@H](CN3C1=O)[C@@H]45)C2=O. The molecule has 0 bridgehead atoms. The fourth-order valence-electron chi connectivity index (χ4n) is 7.18. The highest BCUT2D eigenvalue weighted by atomic mass is 16.2. The minimum Gasteiger partial charge on any atom is -0.337 e. The Morgan fingerprint density at radius 3 is 2.58 bits per heavy atom. The monoisotopic (exact) mass is 418 g/mol. The van der Waals surface area contributed by atoms with E-state index in [-0.39, 0.29) is 28.6 Å². The molecule has 5 aliphatic heterocycles. The fraction of sp³-hybridized carbons (Fsp3) is 0.583. The summed E-state index contributed by atoms with van der Waals surface area (Å²) in [6, 6.07) is 6.81. The molecule has 31 heavy (non-hydrogen) atoms. The molecular weight excluding hydrogens is 392 g/mol. The summed E-state index contributed by atoms with van der Waals surface area (Å²) < 4.78 is 0. The first-order valence-corrected chi connectivity index (χ1v) is 11.6. The third kappa shape index (κ3) is 2.58. The smallest absolute Gasteiger partial charge is 0.263 e. The number of rotatable bonds is 1. The number of amides is 3. The molecule has 0 aliphatic carbocycles. The molecule has 7 heteroatoms. The van der Waals surface area contributed by atoms with E-state index in [2.05, 4.69) is 4.90 Å². The topological polar surface area (TPSA) is 84.7 Å². The Morgan fingerprint density at radius 1 is 0.968 bits per heavy atom. The second kappa shape index (κ2) is 6.89. The van der Waals surface area contributed by atoms with Crippen molar-refractivity contribution in [1.82, 2.24) is 14.7 Å². The lowest BCUT2D eigenvalue weighted by molar-refractivity contribution is -0.156. The minimum absolute atomic E-state index is 0.0783. The van der Waals surface area contributed by atoms with E-state index in [1.807, 2.05) is 11.0 Å². The van der Waals surface area contributed by atoms with Crippen molar-refractivity contribution in [3.8, 4) is 6.07 Å². The lowest BCUT2D eigenvalue weighted by Crippen LogP contribution is -2.69. The van der Waals surface area contributed by atoms with Gasteiger partial charge in [-0.25, -0.2) is 0 Å². The van der Waals surface area contributed by atoms with Crippen LogP contribution in [0.15, 0.2) is 18.2 Å². The summed E-state index contributed by atoms with van der Waals surface area (Å²) >= 11 is 0. The number of nitrogens with zero attached hydrogens (tertiary/aromatic N) is 4. The Bertz CT molecular complexity index is 1030. The first-order chi connectivity index (χ1) is 15.1. The zero-order valence-electron chi connectivity index (χ0n) is 17.5. The third-order valence-corrected chi connectivity index (χ3v) is 8.35. The Labute approximate surface area is 181 Å². The molecule has 3 amide bonds. The van der Waals surface area contributed by atoms with Crippen molar-refractivity contribution in [3.05, 3.63) is 34.9 Å². The molecule has 7 nitrogen and oxygen atoms in total. The summed E-state index contributed by atoms with van der Waals surface area (Å²) in [7, 11) is 0. The van der Waals surface area contributed by atoms with E-state index in [1.54, 1.807) is 18.2 Å². The van der Waals surface area contributed by atoms with Crippen LogP contribution in [0, 0.1) is 23.2 Å². The van der Waals surface area contributed by atoms with Crippen molar-refractivity contribution < 1.29 is 14.4 Å². The molecule has 5 aliphatic rings. The van der Waals surface area contributed by atoms with E-state index in [0.29, 0.717) is 24.3 Å². The number of hydrogen-bond acceptors (Lipinski definition) is 5. The van der Waals surface area contributed by atoms with Crippen molar-refractivity contribution in [2.75, 3.05) is 19.6 Å². The molecule has 0 N–H and O–H groups in total. The van der Waals surface area contributed by atoms with Crippen molar-refractivity contribution in [2.45, 2.75) is 56.7 Å². The average molecular weight is 418 g/mol. The molecule has 1 aromatic rings. The molecule has 6 rings (SSSR count). The maximum absolute atomic E-state index is 13.7. The van der Waals surface area contributed by atoms with Gasteiger partial charge in [-0.15, -0.1) is 0 Å². The number of fused-ring (bicyclic) bond motifs is 3. The van der Waals surface area contributed by atoms with Crippen molar-refractivity contribution in [3.63, 3.8) is 0 Å². The lowest BCUT2D eigenvalue weighted by Gasteiger charge is -2.59. The molecule has 0 saturated carbocycles. The van der Waals surface area contributed by atoms with E-state index in [4.69, 9.17) is 0 Å². The minimum atomic E-state index is -0.755. The Hall–Kier alpha value is -2.72. The van der Waals surface area contributed by atoms with E-state index < -0.39 is 17.9 Å². The summed E-state index contributed by atoms with van der Waals surface area (Å²) in [6.07, 6.45) is 6.02. The molecule has 0 aromatic heterocycles. The Kier molecular flexibility index (Phi) is 4.23. The molecule has 0 spiro atoms. The second-order valence-electron chi connectivity index (χ2n) is 9.71. The molecular formula is C24H26N4O3. The first kappa shape index (κ1) is 19.0. The highest BCUT2D eigenvalue weighted by Crippen LogP contribution is 2.45. The summed E-state index contributed by atoms with van der Waals surface area (Å²) in [5.41, 5.74) is 0.594. The van der Waals surface area contributed by atoms with Crippen molar-refractivity contribution in [2.24, 2.45) is 11.8 Å². The molecule has 0 radical (unpaired) electrons. The molecule has 1 aromatic carbocycles. The summed E-state index contributed by atoms with van der Waals surface area (Å²) in [5.74, 6) is -0.0171. The third-order valence-electron chi connectivity index (χ3n) is 8.35. The molecule has 1 unspecified atom stereocenters. The van der Waals surface area contributed by atoms with Gasteiger partial charge in [0, 0.05) is 18.6 Å². The normalized spacial score (nSPS) is 34.8. The lowest BCUT2D eigenvalue weighted by atomic mass is 9.67. The van der Waals surface area contributed by atoms with Gasteiger partial charge >= 0.3 is 0 Å². The molecule has 5 atom stereocenters. The van der Waals surface area contributed by atoms with Gasteiger partial charge in [-0.05, 0) is 75.6 Å². The zero-order valence-corrected chi connectivity index (χ0v) is 17.5. The van der Waals surface area contributed by atoms with Crippen LogP contribution >= 0.6 is 0 Å². The van der Waals surface area contributed by atoms with Crippen LogP contribution in [0.3, 0.4) is 0 Å². The largest absolute Gasteiger partial charge is 0.337 e. The molecule has 160 valence electrons. The van der Waals surface area contributed by atoms with Crippen LogP contribution < -0.4 is 0 Å². The van der Waals surface area contributed by atoms with E-state index >= 15 is 0 Å². The molecule has 4 saturated heterocycles. The van der Waals surface area contributed by atoms with Crippen LogP contribution in [-0.4, -0.2) is 70.2 Å². The van der Waals surface area contributed by atoms with Gasteiger partial charge in [0.1, 0.15) is 6.04 Å². The van der Waals surface area contributed by atoms with Crippen molar-refractivity contribution in [1.29, 1.82) is 5.26 Å². The number of benzene rings is 1. The fourth-order valence-corrected chi connectivity index (χ4v) is 7.18. The van der Waals surface area contributed by atoms with Crippen LogP contribution in [0.1, 0.15) is 64.8 Å². The van der Waals surface area contributed by atoms with Crippen LogP contribution in [0.5, 0.6) is 0 Å². The van der Waals surface area contributed by atoms with Crippen LogP contribution in [0.25, 0.3) is 0 Å². The van der Waals surface area contributed by atoms with Gasteiger partial charge in [-0.2, -0.15) is 5.26 Å². The highest BCUT2D eigenvalue weighted by molar-refractivity contribution is 6.23. The number of imide groups is 1. The number of nitriles is 1. The predicted octanol–water partition coefficient (Wildman–Crippen LogP) is 2.02. The van der Waals surface area contributed by atoms with Crippen LogP contribution in [0.2, 0.25) is 0 Å². The number of carbonyl (C=O) groups is 3. The maximum atomic E-state index is 13.7. The number of carbonyl (C=O) groups excluding carboxylic acids is 3. The van der Waals surface area contributed by atoms with Gasteiger partial charge < -0.3 is 4.90 Å². The summed E-state index contributed by atoms with van der Waals surface area (Å²) in [6.45, 7) is 3.10.